The van der Waals surface area contributed by atoms with Crippen molar-refractivity contribution in [1.29, 1.82) is 0 Å². The molecular formula is C18H20N4O. The third-order valence-electron chi connectivity index (χ3n) is 4.34. The normalized spacial score (nSPS) is 10.9. The van der Waals surface area contributed by atoms with Crippen LogP contribution in [0, 0.1) is 6.92 Å². The first-order chi connectivity index (χ1) is 11.0. The maximum atomic E-state index is 12.0. The summed E-state index contributed by atoms with van der Waals surface area (Å²) in [5.74, 6) is 0. The van der Waals surface area contributed by atoms with Crippen LogP contribution in [0.4, 0.5) is 16.2 Å². The summed E-state index contributed by atoms with van der Waals surface area (Å²) in [5.41, 5.74) is 10.7. The molecule has 5 nitrogen and oxygen atoms in total. The number of anilines is 2. The number of carbonyl (C=O) groups excluding carboxylic acids is 1. The first kappa shape index (κ1) is 15.1. The molecule has 0 atom stereocenters. The van der Waals surface area contributed by atoms with Gasteiger partial charge in [0, 0.05) is 29.8 Å². The van der Waals surface area contributed by atoms with Crippen LogP contribution in [0.15, 0.2) is 42.7 Å². The van der Waals surface area contributed by atoms with Gasteiger partial charge in [0.15, 0.2) is 0 Å². The van der Waals surface area contributed by atoms with E-state index in [1.54, 1.807) is 18.5 Å². The van der Waals surface area contributed by atoms with Gasteiger partial charge in [-0.3, -0.25) is 9.88 Å². The standard InChI is InChI=1S/C18H20N4O/c1-4-15-12(2)21(3)17-8-7-13(10-16(15)17)22(18(19)23)14-6-5-9-20-11-14/h5-11H,4H2,1-3H3,(H2,19,23). The maximum absolute atomic E-state index is 12.0. The molecule has 0 bridgehead atoms. The quantitative estimate of drug-likeness (QED) is 0.802. The van der Waals surface area contributed by atoms with Crippen LogP contribution >= 0.6 is 0 Å². The number of carbonyl (C=O) groups is 1. The fourth-order valence-corrected chi connectivity index (χ4v) is 3.11. The van der Waals surface area contributed by atoms with Crippen molar-refractivity contribution >= 4 is 28.3 Å². The molecular weight excluding hydrogens is 288 g/mol. The third kappa shape index (κ3) is 2.44. The molecule has 23 heavy (non-hydrogen) atoms. The molecule has 0 aliphatic rings. The molecule has 1 aromatic carbocycles. The number of aromatic nitrogens is 2. The van der Waals surface area contributed by atoms with E-state index in [1.807, 2.05) is 24.3 Å². The zero-order valence-corrected chi connectivity index (χ0v) is 13.6. The second-order valence-electron chi connectivity index (χ2n) is 5.56. The highest BCUT2D eigenvalue weighted by Gasteiger charge is 2.18. The third-order valence-corrected chi connectivity index (χ3v) is 4.34. The van der Waals surface area contributed by atoms with Gasteiger partial charge in [-0.1, -0.05) is 6.92 Å². The maximum Gasteiger partial charge on any atom is 0.323 e. The van der Waals surface area contributed by atoms with Crippen LogP contribution in [0.2, 0.25) is 0 Å². The molecule has 0 spiro atoms. The highest BCUT2D eigenvalue weighted by atomic mass is 16.2. The van der Waals surface area contributed by atoms with Crippen molar-refractivity contribution in [2.75, 3.05) is 4.90 Å². The zero-order valence-electron chi connectivity index (χ0n) is 13.6. The van der Waals surface area contributed by atoms with E-state index in [1.165, 1.54) is 16.2 Å². The van der Waals surface area contributed by atoms with E-state index in [4.69, 9.17) is 5.73 Å². The first-order valence-corrected chi connectivity index (χ1v) is 7.62. The molecule has 0 saturated heterocycles. The van der Waals surface area contributed by atoms with Gasteiger partial charge in [0.25, 0.3) is 0 Å². The van der Waals surface area contributed by atoms with E-state index >= 15 is 0 Å². The number of urea groups is 1. The van der Waals surface area contributed by atoms with Gasteiger partial charge < -0.3 is 10.3 Å². The summed E-state index contributed by atoms with van der Waals surface area (Å²) in [6.07, 6.45) is 4.24. The van der Waals surface area contributed by atoms with E-state index in [0.29, 0.717) is 5.69 Å². The largest absolute Gasteiger partial charge is 0.351 e. The molecule has 3 aromatic rings. The Morgan fingerprint density at radius 3 is 2.70 bits per heavy atom. The second-order valence-corrected chi connectivity index (χ2v) is 5.56. The number of nitrogens with zero attached hydrogens (tertiary/aromatic N) is 3. The van der Waals surface area contributed by atoms with Crippen LogP contribution in [0.5, 0.6) is 0 Å². The lowest BCUT2D eigenvalue weighted by atomic mass is 10.1. The molecule has 2 aromatic heterocycles. The van der Waals surface area contributed by atoms with Gasteiger partial charge in [-0.2, -0.15) is 0 Å². The molecule has 2 heterocycles. The van der Waals surface area contributed by atoms with Gasteiger partial charge in [-0.25, -0.2) is 4.79 Å². The number of nitrogens with two attached hydrogens (primary N) is 1. The zero-order chi connectivity index (χ0) is 16.6. The number of primary amides is 1. The summed E-state index contributed by atoms with van der Waals surface area (Å²) < 4.78 is 2.18. The van der Waals surface area contributed by atoms with Crippen LogP contribution in [0.3, 0.4) is 0 Å². The molecule has 0 radical (unpaired) electrons. The molecule has 0 aliphatic heterocycles. The number of hydrogen-bond donors (Lipinski definition) is 1. The lowest BCUT2D eigenvalue weighted by molar-refractivity contribution is 0.256. The Balaban J connectivity index is 2.20. The van der Waals surface area contributed by atoms with Gasteiger partial charge >= 0.3 is 6.03 Å². The van der Waals surface area contributed by atoms with Crippen LogP contribution in [0.25, 0.3) is 10.9 Å². The number of fused-ring (bicyclic) bond motifs is 1. The molecule has 0 saturated carbocycles. The molecule has 2 amide bonds. The van der Waals surface area contributed by atoms with Crippen molar-refractivity contribution in [2.24, 2.45) is 12.8 Å². The van der Waals surface area contributed by atoms with Crippen molar-refractivity contribution in [3.8, 4) is 0 Å². The van der Waals surface area contributed by atoms with Crippen LogP contribution in [-0.2, 0) is 13.5 Å². The summed E-state index contributed by atoms with van der Waals surface area (Å²) in [6.45, 7) is 4.26. The van der Waals surface area contributed by atoms with E-state index < -0.39 is 6.03 Å². The van der Waals surface area contributed by atoms with E-state index in [-0.39, 0.29) is 0 Å². The second kappa shape index (κ2) is 5.76. The number of hydrogen-bond acceptors (Lipinski definition) is 2. The van der Waals surface area contributed by atoms with E-state index in [0.717, 1.165) is 23.0 Å². The van der Waals surface area contributed by atoms with E-state index in [9.17, 15) is 4.79 Å². The van der Waals surface area contributed by atoms with Crippen molar-refractivity contribution in [3.05, 3.63) is 54.0 Å². The fraction of sp³-hybridized carbons (Fsp3) is 0.222. The van der Waals surface area contributed by atoms with Crippen LogP contribution in [-0.4, -0.2) is 15.6 Å². The topological polar surface area (TPSA) is 64.2 Å². The predicted octanol–water partition coefficient (Wildman–Crippen LogP) is 3.66. The number of benzene rings is 1. The first-order valence-electron chi connectivity index (χ1n) is 7.62. The van der Waals surface area contributed by atoms with Crippen LogP contribution in [0.1, 0.15) is 18.2 Å². The number of amides is 2. The number of rotatable bonds is 3. The lowest BCUT2D eigenvalue weighted by Crippen LogP contribution is -2.31. The molecule has 3 rings (SSSR count). The number of pyridine rings is 1. The minimum absolute atomic E-state index is 0.525. The van der Waals surface area contributed by atoms with Gasteiger partial charge in [-0.05, 0) is 49.2 Å². The summed E-state index contributed by atoms with van der Waals surface area (Å²) in [6, 6.07) is 9.05. The van der Waals surface area contributed by atoms with Crippen LogP contribution < -0.4 is 10.6 Å². The Kier molecular flexibility index (Phi) is 3.78. The Hall–Kier alpha value is -2.82. The molecule has 118 valence electrons. The van der Waals surface area contributed by atoms with Crippen molar-refractivity contribution in [3.63, 3.8) is 0 Å². The summed E-state index contributed by atoms with van der Waals surface area (Å²) in [7, 11) is 2.06. The summed E-state index contributed by atoms with van der Waals surface area (Å²) >= 11 is 0. The molecule has 2 N–H and O–H groups in total. The highest BCUT2D eigenvalue weighted by Crippen LogP contribution is 2.32. The van der Waals surface area contributed by atoms with E-state index in [2.05, 4.69) is 30.4 Å². The Bertz CT molecular complexity index is 868. The highest BCUT2D eigenvalue weighted by molar-refractivity contribution is 6.01. The van der Waals surface area contributed by atoms with Crippen molar-refractivity contribution < 1.29 is 4.79 Å². The Morgan fingerprint density at radius 1 is 1.30 bits per heavy atom. The van der Waals surface area contributed by atoms with Gasteiger partial charge in [0.1, 0.15) is 0 Å². The van der Waals surface area contributed by atoms with Crippen molar-refractivity contribution in [1.82, 2.24) is 9.55 Å². The fourth-order valence-electron chi connectivity index (χ4n) is 3.11. The molecule has 5 heteroatoms. The molecule has 0 fully saturated rings. The van der Waals surface area contributed by atoms with Gasteiger partial charge in [0.2, 0.25) is 0 Å². The average molecular weight is 308 g/mol. The molecule has 0 aliphatic carbocycles. The van der Waals surface area contributed by atoms with Crippen molar-refractivity contribution in [2.45, 2.75) is 20.3 Å². The predicted molar refractivity (Wildman–Crippen MR) is 93.0 cm³/mol. The molecule has 0 unspecified atom stereocenters. The monoisotopic (exact) mass is 308 g/mol. The minimum Gasteiger partial charge on any atom is -0.351 e. The summed E-state index contributed by atoms with van der Waals surface area (Å²) in [5, 5.41) is 1.15. The number of aryl methyl sites for hydroxylation is 2. The smallest absolute Gasteiger partial charge is 0.323 e. The van der Waals surface area contributed by atoms with Gasteiger partial charge in [0.05, 0.1) is 17.6 Å². The summed E-state index contributed by atoms with van der Waals surface area (Å²) in [4.78, 5) is 17.5. The Morgan fingerprint density at radius 2 is 2.09 bits per heavy atom. The SMILES string of the molecule is CCc1c(C)n(C)c2ccc(N(C(N)=O)c3cccnc3)cc12. The Labute approximate surface area is 135 Å². The lowest BCUT2D eigenvalue weighted by Gasteiger charge is -2.20. The van der Waals surface area contributed by atoms with Gasteiger partial charge in [-0.15, -0.1) is 0 Å². The average Bonchev–Trinajstić information content (AvgIpc) is 2.79. The minimum atomic E-state index is -0.525.